The molecule has 3 aromatic carbocycles. The van der Waals surface area contributed by atoms with Gasteiger partial charge in [0.1, 0.15) is 10.6 Å². The predicted molar refractivity (Wildman–Crippen MR) is 127 cm³/mol. The molecule has 38 heavy (non-hydrogen) atoms. The van der Waals surface area contributed by atoms with Crippen LogP contribution < -0.4 is 9.50 Å². The van der Waals surface area contributed by atoms with Gasteiger partial charge in [-0.25, -0.2) is 4.79 Å². The monoisotopic (exact) mass is 560 g/mol. The highest BCUT2D eigenvalue weighted by Gasteiger charge is 2.34. The first kappa shape index (κ1) is 28.8. The van der Waals surface area contributed by atoms with Crippen LogP contribution in [0.3, 0.4) is 0 Å². The molecule has 3 aromatic rings. The van der Waals surface area contributed by atoms with Crippen LogP contribution in [0.4, 0.5) is 36.8 Å². The molecule has 1 N–H and O–H groups in total. The molecule has 0 radical (unpaired) electrons. The largest absolute Gasteiger partial charge is 0.418 e. The number of carbonyl (C=O) groups excluding carboxylic acids is 1. The quantitative estimate of drug-likeness (QED) is 0.251. The third kappa shape index (κ3) is 7.18. The molecule has 0 spiro atoms. The molecule has 0 atom stereocenters. The summed E-state index contributed by atoms with van der Waals surface area (Å²) in [6.07, 6.45) is -9.41. The fourth-order valence-electron chi connectivity index (χ4n) is 3.37. The van der Waals surface area contributed by atoms with E-state index in [1.54, 1.807) is 13.8 Å². The number of hydrogen-bond acceptors (Lipinski definition) is 4. The number of urea groups is 1. The number of anilines is 1. The fraction of sp³-hybridized carbons (Fsp3) is 0.240. The number of nitrogens with one attached hydrogen (secondary N) is 1. The lowest BCUT2D eigenvalue weighted by Gasteiger charge is -2.28. The zero-order valence-corrected chi connectivity index (χ0v) is 20.8. The number of amides is 2. The third-order valence-corrected chi connectivity index (χ3v) is 6.53. The van der Waals surface area contributed by atoms with Crippen molar-refractivity contribution in [2.24, 2.45) is 0 Å². The lowest BCUT2D eigenvalue weighted by molar-refractivity contribution is -0.138. The van der Waals surface area contributed by atoms with Gasteiger partial charge in [-0.3, -0.25) is 0 Å². The molecule has 0 saturated carbocycles. The number of nitrogens with zero attached hydrogens (tertiary/aromatic N) is 1. The van der Waals surface area contributed by atoms with Crippen molar-refractivity contribution in [1.82, 2.24) is 4.90 Å². The summed E-state index contributed by atoms with van der Waals surface area (Å²) in [5, 5.41) is 2.28. The molecule has 0 unspecified atom stereocenters. The van der Waals surface area contributed by atoms with Crippen LogP contribution in [0.5, 0.6) is 5.75 Å². The third-order valence-electron chi connectivity index (χ3n) is 5.29. The average Bonchev–Trinajstić information content (AvgIpc) is 2.82. The Bertz CT molecular complexity index is 1390. The van der Waals surface area contributed by atoms with Crippen molar-refractivity contribution >= 4 is 21.8 Å². The molecule has 204 valence electrons. The van der Waals surface area contributed by atoms with Crippen LogP contribution in [0.2, 0.25) is 0 Å². The maximum atomic E-state index is 13.3. The highest BCUT2D eigenvalue weighted by Crippen LogP contribution is 2.35. The lowest BCUT2D eigenvalue weighted by Crippen LogP contribution is -2.39. The minimum atomic E-state index is -4.74. The van der Waals surface area contributed by atoms with Crippen molar-refractivity contribution in [3.8, 4) is 5.75 Å². The van der Waals surface area contributed by atoms with Crippen LogP contribution >= 0.6 is 0 Å². The number of carbonyl (C=O) groups is 1. The number of halogens is 6. The van der Waals surface area contributed by atoms with Gasteiger partial charge in [-0.1, -0.05) is 30.3 Å². The summed E-state index contributed by atoms with van der Waals surface area (Å²) in [5.41, 5.74) is -2.07. The Morgan fingerprint density at radius 1 is 0.895 bits per heavy atom. The van der Waals surface area contributed by atoms with Crippen molar-refractivity contribution < 1.29 is 43.7 Å². The lowest BCUT2D eigenvalue weighted by atomic mass is 10.1. The van der Waals surface area contributed by atoms with E-state index in [0.29, 0.717) is 11.6 Å². The van der Waals surface area contributed by atoms with Crippen LogP contribution in [0.1, 0.15) is 30.5 Å². The van der Waals surface area contributed by atoms with E-state index in [0.717, 1.165) is 30.3 Å². The zero-order valence-electron chi connectivity index (χ0n) is 20.0. The van der Waals surface area contributed by atoms with E-state index in [-0.39, 0.29) is 12.3 Å². The SMILES string of the molecule is CC(C)N(Cc1ccc(OS(=O)(=O)c2cccc(C(F)(F)F)c2)cc1)C(=O)Nc1ccccc1C(F)(F)F. The van der Waals surface area contributed by atoms with E-state index in [2.05, 4.69) is 5.32 Å². The Kier molecular flexibility index (Phi) is 8.30. The second-order valence-corrected chi connectivity index (χ2v) is 9.95. The van der Waals surface area contributed by atoms with E-state index in [4.69, 9.17) is 4.18 Å². The molecule has 0 aromatic heterocycles. The van der Waals surface area contributed by atoms with Gasteiger partial charge < -0.3 is 14.4 Å². The van der Waals surface area contributed by atoms with Crippen molar-refractivity contribution in [1.29, 1.82) is 0 Å². The van der Waals surface area contributed by atoms with Gasteiger partial charge in [-0.2, -0.15) is 34.8 Å². The van der Waals surface area contributed by atoms with Gasteiger partial charge in [0.2, 0.25) is 0 Å². The minimum absolute atomic E-state index is 0.0433. The molecular weight excluding hydrogens is 538 g/mol. The van der Waals surface area contributed by atoms with Gasteiger partial charge in [0.15, 0.2) is 0 Å². The van der Waals surface area contributed by atoms with Crippen molar-refractivity contribution in [3.63, 3.8) is 0 Å². The normalized spacial score (nSPS) is 12.3. The molecule has 0 saturated heterocycles. The molecule has 0 aliphatic heterocycles. The van der Waals surface area contributed by atoms with Crippen molar-refractivity contribution in [2.45, 2.75) is 43.7 Å². The van der Waals surface area contributed by atoms with Gasteiger partial charge in [0, 0.05) is 12.6 Å². The number of rotatable bonds is 7. The molecule has 2 amide bonds. The fourth-order valence-corrected chi connectivity index (χ4v) is 4.34. The molecule has 0 heterocycles. The summed E-state index contributed by atoms with van der Waals surface area (Å²) in [6.45, 7) is 3.28. The van der Waals surface area contributed by atoms with Crippen LogP contribution in [-0.2, 0) is 29.0 Å². The Labute approximate surface area is 215 Å². The molecule has 0 fully saturated rings. The highest BCUT2D eigenvalue weighted by atomic mass is 32.2. The summed E-state index contributed by atoms with van der Waals surface area (Å²) in [4.78, 5) is 13.4. The zero-order chi connectivity index (χ0) is 28.3. The Balaban J connectivity index is 1.74. The molecule has 13 heteroatoms. The summed E-state index contributed by atoms with van der Waals surface area (Å²) in [6, 6.07) is 11.8. The van der Waals surface area contributed by atoms with E-state index >= 15 is 0 Å². The predicted octanol–water partition coefficient (Wildman–Crippen LogP) is 6.93. The van der Waals surface area contributed by atoms with Gasteiger partial charge >= 0.3 is 28.5 Å². The Hall–Kier alpha value is -3.74. The number of benzene rings is 3. The van der Waals surface area contributed by atoms with E-state index in [1.165, 1.54) is 41.3 Å². The number of para-hydroxylation sites is 1. The summed E-state index contributed by atoms with van der Waals surface area (Å²) in [7, 11) is -4.58. The molecule has 0 aliphatic rings. The first-order valence-electron chi connectivity index (χ1n) is 11.0. The summed E-state index contributed by atoms with van der Waals surface area (Å²) in [5.74, 6) is -0.189. The Morgan fingerprint density at radius 2 is 1.53 bits per heavy atom. The first-order chi connectivity index (χ1) is 17.6. The van der Waals surface area contributed by atoms with E-state index in [1.807, 2.05) is 0 Å². The summed E-state index contributed by atoms with van der Waals surface area (Å²) < 4.78 is 108. The van der Waals surface area contributed by atoms with Crippen LogP contribution in [0.25, 0.3) is 0 Å². The van der Waals surface area contributed by atoms with Gasteiger partial charge in [-0.15, -0.1) is 0 Å². The molecule has 3 rings (SSSR count). The van der Waals surface area contributed by atoms with Gasteiger partial charge in [0.05, 0.1) is 16.8 Å². The number of alkyl halides is 6. The average molecular weight is 561 g/mol. The molecule has 0 aliphatic carbocycles. The van der Waals surface area contributed by atoms with E-state index in [9.17, 15) is 39.6 Å². The van der Waals surface area contributed by atoms with Gasteiger partial charge in [0.25, 0.3) is 0 Å². The van der Waals surface area contributed by atoms with Crippen LogP contribution in [0, 0.1) is 0 Å². The van der Waals surface area contributed by atoms with E-state index < -0.39 is 56.3 Å². The maximum Gasteiger partial charge on any atom is 0.418 e. The number of hydrogen-bond donors (Lipinski definition) is 1. The standard InChI is InChI=1S/C25H22F6N2O4S/c1-16(2)33(23(34)32-22-9-4-3-8-21(22)25(29,30)31)15-17-10-12-19(13-11-17)37-38(35,36)20-7-5-6-18(14-20)24(26,27)28/h3-14,16H,15H2,1-2H3,(H,32,34). The minimum Gasteiger partial charge on any atom is -0.379 e. The second kappa shape index (κ2) is 10.9. The van der Waals surface area contributed by atoms with Crippen LogP contribution in [0.15, 0.2) is 77.7 Å². The van der Waals surface area contributed by atoms with Crippen molar-refractivity contribution in [2.75, 3.05) is 5.32 Å². The molecular formula is C25H22F6N2O4S. The maximum absolute atomic E-state index is 13.3. The summed E-state index contributed by atoms with van der Waals surface area (Å²) >= 11 is 0. The highest BCUT2D eigenvalue weighted by molar-refractivity contribution is 7.87. The van der Waals surface area contributed by atoms with Crippen molar-refractivity contribution in [3.05, 3.63) is 89.5 Å². The first-order valence-corrected chi connectivity index (χ1v) is 12.4. The van der Waals surface area contributed by atoms with Crippen LogP contribution in [-0.4, -0.2) is 25.4 Å². The topological polar surface area (TPSA) is 75.7 Å². The second-order valence-electron chi connectivity index (χ2n) is 8.40. The molecule has 6 nitrogen and oxygen atoms in total. The molecule has 0 bridgehead atoms. The van der Waals surface area contributed by atoms with Gasteiger partial charge in [-0.05, 0) is 61.9 Å². The Morgan fingerprint density at radius 3 is 2.11 bits per heavy atom. The smallest absolute Gasteiger partial charge is 0.379 e.